The van der Waals surface area contributed by atoms with Crippen LogP contribution in [0.1, 0.15) is 60.7 Å². The second-order valence-electron chi connectivity index (χ2n) is 10.9. The number of methoxy groups -OCH3 is 2. The molecule has 2 aromatic rings. The Labute approximate surface area is 212 Å². The van der Waals surface area contributed by atoms with Crippen molar-refractivity contribution in [2.75, 3.05) is 27.4 Å². The minimum Gasteiger partial charge on any atom is -0.497 e. The van der Waals surface area contributed by atoms with E-state index in [9.17, 15) is 18.0 Å². The Kier molecular flexibility index (Phi) is 6.92. The van der Waals surface area contributed by atoms with Crippen LogP contribution in [0, 0.1) is 10.8 Å². The first-order valence-electron chi connectivity index (χ1n) is 11.9. The van der Waals surface area contributed by atoms with Gasteiger partial charge in [-0.25, -0.2) is 13.2 Å². The fourth-order valence-corrected chi connectivity index (χ4v) is 7.75. The van der Waals surface area contributed by atoms with Crippen molar-refractivity contribution < 1.29 is 32.2 Å². The van der Waals surface area contributed by atoms with Crippen molar-refractivity contribution >= 4 is 21.8 Å². The first kappa shape index (κ1) is 26.2. The van der Waals surface area contributed by atoms with Gasteiger partial charge < -0.3 is 14.2 Å². The number of hydrogen-bond acceptors (Lipinski definition) is 7. The van der Waals surface area contributed by atoms with Gasteiger partial charge >= 0.3 is 5.97 Å². The summed E-state index contributed by atoms with van der Waals surface area (Å²) < 4.78 is 44.4. The number of benzene rings is 2. The van der Waals surface area contributed by atoms with E-state index >= 15 is 0 Å². The lowest BCUT2D eigenvalue weighted by Crippen LogP contribution is -2.37. The lowest BCUT2D eigenvalue weighted by Gasteiger charge is -2.39. The molecule has 9 heteroatoms. The molecule has 2 aromatic carbocycles. The van der Waals surface area contributed by atoms with Crippen LogP contribution in [0.3, 0.4) is 0 Å². The number of ether oxygens (including phenoxy) is 3. The lowest BCUT2D eigenvalue weighted by atomic mass is 9.65. The number of nitrogens with zero attached hydrogens (tertiary/aromatic N) is 1. The van der Waals surface area contributed by atoms with Crippen molar-refractivity contribution in [3.63, 3.8) is 0 Å². The Bertz CT molecular complexity index is 1290. The predicted octanol–water partition coefficient (Wildman–Crippen LogP) is 4.33. The number of rotatable bonds is 8. The molecule has 8 nitrogen and oxygen atoms in total. The number of carbonyl (C=O) groups excluding carboxylic acids is 2. The highest BCUT2D eigenvalue weighted by Gasteiger charge is 2.53. The molecule has 1 heterocycles. The Hall–Kier alpha value is -2.91. The molecule has 2 bridgehead atoms. The molecule has 4 rings (SSSR count). The summed E-state index contributed by atoms with van der Waals surface area (Å²) in [6.45, 7) is 6.47. The minimum atomic E-state index is -3.80. The first-order chi connectivity index (χ1) is 16.9. The van der Waals surface area contributed by atoms with E-state index in [0.29, 0.717) is 18.0 Å². The molecule has 0 aromatic heterocycles. The molecule has 2 atom stereocenters. The molecule has 0 radical (unpaired) electrons. The van der Waals surface area contributed by atoms with Crippen LogP contribution in [0.5, 0.6) is 11.5 Å². The second kappa shape index (κ2) is 9.52. The van der Waals surface area contributed by atoms with Crippen molar-refractivity contribution in [1.82, 2.24) is 4.31 Å². The summed E-state index contributed by atoms with van der Waals surface area (Å²) in [5, 5.41) is 0. The molecule has 1 saturated carbocycles. The van der Waals surface area contributed by atoms with Crippen molar-refractivity contribution in [1.29, 1.82) is 0 Å². The monoisotopic (exact) mass is 515 g/mol. The summed E-state index contributed by atoms with van der Waals surface area (Å²) in [4.78, 5) is 25.5. The minimum absolute atomic E-state index is 0.0479. The molecule has 0 spiro atoms. The van der Waals surface area contributed by atoms with Gasteiger partial charge in [-0.3, -0.25) is 4.79 Å². The quantitative estimate of drug-likeness (QED) is 0.381. The average Bonchev–Trinajstić information content (AvgIpc) is 3.10. The molecule has 36 heavy (non-hydrogen) atoms. The van der Waals surface area contributed by atoms with Gasteiger partial charge in [0.2, 0.25) is 15.8 Å². The first-order valence-corrected chi connectivity index (χ1v) is 13.4. The molecule has 0 unspecified atom stereocenters. The van der Waals surface area contributed by atoms with E-state index in [1.807, 2.05) is 0 Å². The van der Waals surface area contributed by atoms with Gasteiger partial charge in [0.05, 0.1) is 30.2 Å². The SMILES string of the molecule is COc1ccc(OC)c(C(=O)COC(=O)c2cccc(S(=O)(=O)N3C[C@@]4(C)C[C@H]3CC(C)(C)C4)c2)c1. The van der Waals surface area contributed by atoms with Gasteiger partial charge in [0, 0.05) is 12.6 Å². The Balaban J connectivity index is 1.49. The molecule has 2 fully saturated rings. The summed E-state index contributed by atoms with van der Waals surface area (Å²) >= 11 is 0. The van der Waals surface area contributed by atoms with Crippen LogP contribution in [0.2, 0.25) is 0 Å². The van der Waals surface area contributed by atoms with Crippen LogP contribution in [0.4, 0.5) is 0 Å². The van der Waals surface area contributed by atoms with Crippen LogP contribution in [0.25, 0.3) is 0 Å². The highest BCUT2D eigenvalue weighted by Crippen LogP contribution is 2.53. The van der Waals surface area contributed by atoms with E-state index in [1.54, 1.807) is 16.4 Å². The maximum absolute atomic E-state index is 13.6. The maximum atomic E-state index is 13.6. The van der Waals surface area contributed by atoms with Gasteiger partial charge in [0.25, 0.3) is 0 Å². The Morgan fingerprint density at radius 1 is 1.03 bits per heavy atom. The van der Waals surface area contributed by atoms with E-state index in [2.05, 4.69) is 20.8 Å². The summed E-state index contributed by atoms with van der Waals surface area (Å²) in [6, 6.07) is 10.5. The molecule has 0 amide bonds. The Morgan fingerprint density at radius 2 is 1.78 bits per heavy atom. The van der Waals surface area contributed by atoms with Gasteiger partial charge in [-0.15, -0.1) is 0 Å². The summed E-state index contributed by atoms with van der Waals surface area (Å²) in [7, 11) is -0.884. The van der Waals surface area contributed by atoms with Crippen molar-refractivity contribution in [3.8, 4) is 11.5 Å². The number of sulfonamides is 1. The van der Waals surface area contributed by atoms with Crippen molar-refractivity contribution in [2.24, 2.45) is 10.8 Å². The molecule has 1 aliphatic carbocycles. The largest absolute Gasteiger partial charge is 0.497 e. The number of carbonyl (C=O) groups is 2. The Morgan fingerprint density at radius 3 is 2.47 bits per heavy atom. The maximum Gasteiger partial charge on any atom is 0.338 e. The molecule has 1 aliphatic heterocycles. The van der Waals surface area contributed by atoms with Crippen LogP contribution >= 0.6 is 0 Å². The van der Waals surface area contributed by atoms with Gasteiger partial charge in [-0.05, 0) is 66.5 Å². The second-order valence-corrected chi connectivity index (χ2v) is 12.7. The fourth-order valence-electron chi connectivity index (χ4n) is 5.93. The number of ketones is 1. The van der Waals surface area contributed by atoms with E-state index in [4.69, 9.17) is 14.2 Å². The third-order valence-electron chi connectivity index (χ3n) is 7.08. The number of hydrogen-bond donors (Lipinski definition) is 0. The van der Waals surface area contributed by atoms with Gasteiger partial charge in [0.1, 0.15) is 11.5 Å². The topological polar surface area (TPSA) is 99.2 Å². The number of Topliss-reactive ketones (excluding diaryl/α,β-unsaturated/α-hetero) is 1. The zero-order valence-corrected chi connectivity index (χ0v) is 22.2. The molecular weight excluding hydrogens is 482 g/mol. The van der Waals surface area contributed by atoms with Crippen LogP contribution in [0.15, 0.2) is 47.4 Å². The zero-order valence-electron chi connectivity index (χ0n) is 21.4. The third-order valence-corrected chi connectivity index (χ3v) is 8.98. The van der Waals surface area contributed by atoms with E-state index in [-0.39, 0.29) is 32.9 Å². The van der Waals surface area contributed by atoms with E-state index < -0.39 is 28.4 Å². The highest BCUT2D eigenvalue weighted by molar-refractivity contribution is 7.89. The highest BCUT2D eigenvalue weighted by atomic mass is 32.2. The molecule has 0 N–H and O–H groups in total. The van der Waals surface area contributed by atoms with E-state index in [0.717, 1.165) is 19.3 Å². The number of fused-ring (bicyclic) bond motifs is 2. The zero-order chi connectivity index (χ0) is 26.3. The normalized spacial score (nSPS) is 23.2. The van der Waals surface area contributed by atoms with Crippen molar-refractivity contribution in [3.05, 3.63) is 53.6 Å². The summed E-state index contributed by atoms with van der Waals surface area (Å²) in [6.07, 6.45) is 2.62. The molecule has 194 valence electrons. The van der Waals surface area contributed by atoms with Crippen LogP contribution in [-0.4, -0.2) is 57.9 Å². The van der Waals surface area contributed by atoms with Gasteiger partial charge in [-0.1, -0.05) is 26.8 Å². The molecular formula is C27H33NO7S. The summed E-state index contributed by atoms with van der Waals surface area (Å²) in [5.41, 5.74) is 0.302. The third kappa shape index (κ3) is 5.13. The standard InChI is InChI=1S/C27H33NO7S/c1-26(2)13-19-14-27(3,16-26)17-28(19)36(31,32)21-8-6-7-18(11-21)25(30)35-15-23(29)22-12-20(33-4)9-10-24(22)34-5/h6-12,19H,13-17H2,1-5H3/t19-,27+/m1/s1. The summed E-state index contributed by atoms with van der Waals surface area (Å²) in [5.74, 6) is -0.455. The van der Waals surface area contributed by atoms with Crippen molar-refractivity contribution in [2.45, 2.75) is 51.0 Å². The number of esters is 1. The van der Waals surface area contributed by atoms with Gasteiger partial charge in [0.15, 0.2) is 6.61 Å². The fraction of sp³-hybridized carbons (Fsp3) is 0.481. The van der Waals surface area contributed by atoms with Crippen LogP contribution in [-0.2, 0) is 14.8 Å². The lowest BCUT2D eigenvalue weighted by molar-refractivity contribution is 0.0473. The average molecular weight is 516 g/mol. The molecule has 1 saturated heterocycles. The predicted molar refractivity (Wildman–Crippen MR) is 134 cm³/mol. The smallest absolute Gasteiger partial charge is 0.338 e. The van der Waals surface area contributed by atoms with Gasteiger partial charge in [-0.2, -0.15) is 4.31 Å². The molecule has 2 aliphatic rings. The van der Waals surface area contributed by atoms with E-state index in [1.165, 1.54) is 44.6 Å². The van der Waals surface area contributed by atoms with Crippen LogP contribution < -0.4 is 9.47 Å².